The zero-order chi connectivity index (χ0) is 10.4. The van der Waals surface area contributed by atoms with Crippen molar-refractivity contribution in [2.75, 3.05) is 6.54 Å². The lowest BCUT2D eigenvalue weighted by Gasteiger charge is -2.11. The Labute approximate surface area is 82.5 Å². The SMILES string of the molecule is CCCNC(=O)NC(C)c1ncn[nH]1. The number of urea groups is 1. The molecule has 0 bridgehead atoms. The molecule has 0 saturated carbocycles. The lowest BCUT2D eigenvalue weighted by atomic mass is 10.3. The number of hydrogen-bond acceptors (Lipinski definition) is 3. The van der Waals surface area contributed by atoms with Crippen molar-refractivity contribution in [1.29, 1.82) is 0 Å². The quantitative estimate of drug-likeness (QED) is 0.660. The van der Waals surface area contributed by atoms with E-state index in [4.69, 9.17) is 0 Å². The minimum Gasteiger partial charge on any atom is -0.338 e. The van der Waals surface area contributed by atoms with Crippen LogP contribution in [0.2, 0.25) is 0 Å². The van der Waals surface area contributed by atoms with Crippen LogP contribution in [0.5, 0.6) is 0 Å². The molecule has 0 aromatic carbocycles. The zero-order valence-corrected chi connectivity index (χ0v) is 8.37. The maximum atomic E-state index is 11.2. The average Bonchev–Trinajstić information content (AvgIpc) is 2.67. The van der Waals surface area contributed by atoms with Crippen LogP contribution in [-0.4, -0.2) is 27.8 Å². The van der Waals surface area contributed by atoms with Crippen LogP contribution in [0.4, 0.5) is 4.79 Å². The van der Waals surface area contributed by atoms with Crippen LogP contribution in [-0.2, 0) is 0 Å². The Bertz CT molecular complexity index is 271. The van der Waals surface area contributed by atoms with E-state index in [-0.39, 0.29) is 12.1 Å². The number of nitrogens with zero attached hydrogens (tertiary/aromatic N) is 2. The number of rotatable bonds is 4. The van der Waals surface area contributed by atoms with E-state index in [1.165, 1.54) is 6.33 Å². The lowest BCUT2D eigenvalue weighted by Crippen LogP contribution is -2.37. The highest BCUT2D eigenvalue weighted by molar-refractivity contribution is 5.74. The first-order valence-electron chi connectivity index (χ1n) is 4.63. The molecule has 14 heavy (non-hydrogen) atoms. The second-order valence-electron chi connectivity index (χ2n) is 2.99. The van der Waals surface area contributed by atoms with E-state index in [2.05, 4.69) is 25.8 Å². The van der Waals surface area contributed by atoms with Crippen LogP contribution in [0, 0.1) is 0 Å². The molecule has 1 aromatic heterocycles. The van der Waals surface area contributed by atoms with Gasteiger partial charge in [-0.1, -0.05) is 6.92 Å². The Balaban J connectivity index is 2.33. The van der Waals surface area contributed by atoms with Crippen molar-refractivity contribution in [3.8, 4) is 0 Å². The topological polar surface area (TPSA) is 82.7 Å². The van der Waals surface area contributed by atoms with Gasteiger partial charge in [-0.2, -0.15) is 5.10 Å². The average molecular weight is 197 g/mol. The number of aromatic nitrogens is 3. The monoisotopic (exact) mass is 197 g/mol. The van der Waals surface area contributed by atoms with Gasteiger partial charge < -0.3 is 10.6 Å². The summed E-state index contributed by atoms with van der Waals surface area (Å²) >= 11 is 0. The van der Waals surface area contributed by atoms with Crippen LogP contribution in [0.1, 0.15) is 32.1 Å². The number of amides is 2. The fourth-order valence-electron chi connectivity index (χ4n) is 0.978. The molecular formula is C8H15N5O. The van der Waals surface area contributed by atoms with Crippen molar-refractivity contribution < 1.29 is 4.79 Å². The highest BCUT2D eigenvalue weighted by Gasteiger charge is 2.10. The van der Waals surface area contributed by atoms with Gasteiger partial charge in [-0.3, -0.25) is 5.10 Å². The number of nitrogens with one attached hydrogen (secondary N) is 3. The highest BCUT2D eigenvalue weighted by atomic mass is 16.2. The third kappa shape index (κ3) is 3.04. The van der Waals surface area contributed by atoms with Crippen molar-refractivity contribution in [3.63, 3.8) is 0 Å². The molecule has 1 aromatic rings. The summed E-state index contributed by atoms with van der Waals surface area (Å²) in [6.07, 6.45) is 2.33. The molecule has 1 atom stereocenters. The van der Waals surface area contributed by atoms with Crippen molar-refractivity contribution >= 4 is 6.03 Å². The van der Waals surface area contributed by atoms with Crippen molar-refractivity contribution in [2.45, 2.75) is 26.3 Å². The molecule has 78 valence electrons. The molecule has 1 heterocycles. The van der Waals surface area contributed by atoms with E-state index in [0.717, 1.165) is 6.42 Å². The standard InChI is InChI=1S/C8H15N5O/c1-3-4-9-8(14)12-6(2)7-10-5-11-13-7/h5-6H,3-4H2,1-2H3,(H2,9,12,14)(H,10,11,13). The van der Waals surface area contributed by atoms with Crippen molar-refractivity contribution in [3.05, 3.63) is 12.2 Å². The largest absolute Gasteiger partial charge is 0.338 e. The van der Waals surface area contributed by atoms with Gasteiger partial charge in [0.1, 0.15) is 12.2 Å². The summed E-state index contributed by atoms with van der Waals surface area (Å²) in [4.78, 5) is 15.2. The van der Waals surface area contributed by atoms with E-state index in [0.29, 0.717) is 12.4 Å². The van der Waals surface area contributed by atoms with Gasteiger partial charge in [0.25, 0.3) is 0 Å². The molecule has 6 heteroatoms. The Kier molecular flexibility index (Phi) is 3.90. The first-order chi connectivity index (χ1) is 6.74. The summed E-state index contributed by atoms with van der Waals surface area (Å²) in [5, 5.41) is 11.8. The summed E-state index contributed by atoms with van der Waals surface area (Å²) in [6, 6.07) is -0.342. The molecular weight excluding hydrogens is 182 g/mol. The molecule has 0 radical (unpaired) electrons. The second kappa shape index (κ2) is 5.21. The summed E-state index contributed by atoms with van der Waals surface area (Å²) < 4.78 is 0. The molecule has 2 amide bonds. The lowest BCUT2D eigenvalue weighted by molar-refractivity contribution is 0.237. The number of aromatic amines is 1. The smallest absolute Gasteiger partial charge is 0.315 e. The summed E-state index contributed by atoms with van der Waals surface area (Å²) in [5.41, 5.74) is 0. The molecule has 0 fully saturated rings. The van der Waals surface area contributed by atoms with Crippen LogP contribution >= 0.6 is 0 Å². The predicted molar refractivity (Wildman–Crippen MR) is 51.6 cm³/mol. The van der Waals surface area contributed by atoms with Crippen LogP contribution < -0.4 is 10.6 Å². The summed E-state index contributed by atoms with van der Waals surface area (Å²) in [7, 11) is 0. The fraction of sp³-hybridized carbons (Fsp3) is 0.625. The highest BCUT2D eigenvalue weighted by Crippen LogP contribution is 2.02. The molecule has 1 unspecified atom stereocenters. The number of H-pyrrole nitrogens is 1. The molecule has 0 aliphatic heterocycles. The van der Waals surface area contributed by atoms with E-state index in [1.807, 2.05) is 13.8 Å². The van der Waals surface area contributed by atoms with E-state index in [1.54, 1.807) is 0 Å². The number of carbonyl (C=O) groups is 1. The number of carbonyl (C=O) groups excluding carboxylic acids is 1. The Morgan fingerprint density at radius 1 is 1.71 bits per heavy atom. The van der Waals surface area contributed by atoms with Gasteiger partial charge >= 0.3 is 6.03 Å². The van der Waals surface area contributed by atoms with Crippen LogP contribution in [0.15, 0.2) is 6.33 Å². The van der Waals surface area contributed by atoms with Crippen molar-refractivity contribution in [1.82, 2.24) is 25.8 Å². The van der Waals surface area contributed by atoms with E-state index < -0.39 is 0 Å². The van der Waals surface area contributed by atoms with Crippen molar-refractivity contribution in [2.24, 2.45) is 0 Å². The van der Waals surface area contributed by atoms with Gasteiger partial charge in [-0.05, 0) is 13.3 Å². The molecule has 0 saturated heterocycles. The maximum absolute atomic E-state index is 11.2. The van der Waals surface area contributed by atoms with Crippen LogP contribution in [0.3, 0.4) is 0 Å². The summed E-state index contributed by atoms with van der Waals surface area (Å²) in [6.45, 7) is 4.52. The third-order valence-corrected chi connectivity index (χ3v) is 1.73. The van der Waals surface area contributed by atoms with Gasteiger partial charge in [0.2, 0.25) is 0 Å². The first kappa shape index (κ1) is 10.5. The third-order valence-electron chi connectivity index (χ3n) is 1.73. The van der Waals surface area contributed by atoms with Gasteiger partial charge in [0.05, 0.1) is 6.04 Å². The van der Waals surface area contributed by atoms with Crippen LogP contribution in [0.25, 0.3) is 0 Å². The minimum atomic E-state index is -0.184. The molecule has 0 aliphatic rings. The number of hydrogen-bond donors (Lipinski definition) is 3. The van der Waals surface area contributed by atoms with E-state index >= 15 is 0 Å². The Morgan fingerprint density at radius 2 is 2.50 bits per heavy atom. The fourth-order valence-corrected chi connectivity index (χ4v) is 0.978. The normalized spacial score (nSPS) is 12.1. The van der Waals surface area contributed by atoms with Gasteiger partial charge in [-0.15, -0.1) is 0 Å². The molecule has 6 nitrogen and oxygen atoms in total. The molecule has 1 rings (SSSR count). The molecule has 3 N–H and O–H groups in total. The van der Waals surface area contributed by atoms with E-state index in [9.17, 15) is 4.79 Å². The van der Waals surface area contributed by atoms with Gasteiger partial charge in [0, 0.05) is 6.54 Å². The second-order valence-corrected chi connectivity index (χ2v) is 2.99. The van der Waals surface area contributed by atoms with Gasteiger partial charge in [0.15, 0.2) is 0 Å². The Hall–Kier alpha value is -1.59. The Morgan fingerprint density at radius 3 is 3.07 bits per heavy atom. The minimum absolute atomic E-state index is 0.158. The first-order valence-corrected chi connectivity index (χ1v) is 4.63. The molecule has 0 spiro atoms. The zero-order valence-electron chi connectivity index (χ0n) is 8.37. The summed E-state index contributed by atoms with van der Waals surface area (Å²) in [5.74, 6) is 0.650. The predicted octanol–water partition coefficient (Wildman–Crippen LogP) is 0.575. The maximum Gasteiger partial charge on any atom is 0.315 e. The van der Waals surface area contributed by atoms with Gasteiger partial charge in [-0.25, -0.2) is 9.78 Å². The molecule has 0 aliphatic carbocycles.